The molecule has 0 spiro atoms. The third-order valence-corrected chi connectivity index (χ3v) is 7.44. The van der Waals surface area contributed by atoms with Crippen LogP contribution in [0.2, 0.25) is 0 Å². The van der Waals surface area contributed by atoms with E-state index in [1.165, 1.54) is 27.3 Å². The zero-order chi connectivity index (χ0) is 24.3. The number of para-hydroxylation sites is 1. The zero-order valence-electron chi connectivity index (χ0n) is 20.0. The van der Waals surface area contributed by atoms with Gasteiger partial charge in [-0.1, -0.05) is 103 Å². The first-order valence-electron chi connectivity index (χ1n) is 12.6. The van der Waals surface area contributed by atoms with E-state index in [0.29, 0.717) is 0 Å². The fraction of sp³-hybridized carbons (Fsp3) is 0. The lowest BCUT2D eigenvalue weighted by atomic mass is 9.96. The summed E-state index contributed by atoms with van der Waals surface area (Å²) >= 11 is 0. The number of benzene rings is 6. The Morgan fingerprint density at radius 2 is 1.14 bits per heavy atom. The molecule has 0 radical (unpaired) electrons. The van der Waals surface area contributed by atoms with Crippen molar-refractivity contribution in [1.82, 2.24) is 4.98 Å². The average Bonchev–Trinajstić information content (AvgIpc) is 3.36. The van der Waals surface area contributed by atoms with Gasteiger partial charge in [0.15, 0.2) is 5.58 Å². The van der Waals surface area contributed by atoms with Crippen LogP contribution in [0, 0.1) is 0 Å². The van der Waals surface area contributed by atoms with Crippen LogP contribution >= 0.6 is 0 Å². The molecule has 0 saturated heterocycles. The van der Waals surface area contributed by atoms with E-state index in [0.717, 1.165) is 49.5 Å². The Morgan fingerprint density at radius 3 is 2.05 bits per heavy atom. The van der Waals surface area contributed by atoms with Crippen molar-refractivity contribution in [3.8, 4) is 22.4 Å². The van der Waals surface area contributed by atoms with Crippen LogP contribution in [0.5, 0.6) is 0 Å². The summed E-state index contributed by atoms with van der Waals surface area (Å²) in [5.74, 6) is 0. The molecule has 0 unspecified atom stereocenters. The van der Waals surface area contributed by atoms with Crippen molar-refractivity contribution in [2.24, 2.45) is 0 Å². The quantitative estimate of drug-likeness (QED) is 0.235. The number of nitrogens with zero attached hydrogens (tertiary/aromatic N) is 1. The summed E-state index contributed by atoms with van der Waals surface area (Å²) in [5.41, 5.74) is 7.08. The van der Waals surface area contributed by atoms with E-state index in [9.17, 15) is 0 Å². The highest BCUT2D eigenvalue weighted by atomic mass is 16.3. The molecule has 172 valence electrons. The van der Waals surface area contributed by atoms with Gasteiger partial charge in [0.1, 0.15) is 11.1 Å². The molecule has 37 heavy (non-hydrogen) atoms. The molecule has 0 atom stereocenters. The highest BCUT2D eigenvalue weighted by Gasteiger charge is 2.16. The number of pyridine rings is 1. The van der Waals surface area contributed by atoms with Gasteiger partial charge >= 0.3 is 0 Å². The molecule has 2 aromatic heterocycles. The highest BCUT2D eigenvalue weighted by Crippen LogP contribution is 2.39. The van der Waals surface area contributed by atoms with Gasteiger partial charge in [-0.25, -0.2) is 4.98 Å². The molecular weight excluding hydrogens is 450 g/mol. The molecular formula is C35H21NO. The van der Waals surface area contributed by atoms with Gasteiger partial charge in [-0.05, 0) is 51.6 Å². The maximum Gasteiger partial charge on any atom is 0.161 e. The highest BCUT2D eigenvalue weighted by molar-refractivity contribution is 6.20. The zero-order valence-corrected chi connectivity index (χ0v) is 20.0. The molecule has 0 aliphatic rings. The maximum absolute atomic E-state index is 6.38. The Morgan fingerprint density at radius 1 is 0.432 bits per heavy atom. The predicted octanol–water partition coefficient (Wildman–Crippen LogP) is 9.77. The monoisotopic (exact) mass is 471 g/mol. The van der Waals surface area contributed by atoms with Gasteiger partial charge in [0, 0.05) is 27.1 Å². The van der Waals surface area contributed by atoms with Crippen LogP contribution in [-0.4, -0.2) is 4.98 Å². The van der Waals surface area contributed by atoms with Crippen molar-refractivity contribution < 1.29 is 4.42 Å². The van der Waals surface area contributed by atoms with Crippen molar-refractivity contribution in [2.45, 2.75) is 0 Å². The summed E-state index contributed by atoms with van der Waals surface area (Å²) in [7, 11) is 0. The van der Waals surface area contributed by atoms with E-state index in [2.05, 4.69) is 115 Å². The normalized spacial score (nSPS) is 11.8. The summed E-state index contributed by atoms with van der Waals surface area (Å²) in [6.45, 7) is 0. The Labute approximate surface area is 213 Å². The lowest BCUT2D eigenvalue weighted by molar-refractivity contribution is 0.672. The minimum absolute atomic E-state index is 0.844. The summed E-state index contributed by atoms with van der Waals surface area (Å²) < 4.78 is 6.38. The summed E-state index contributed by atoms with van der Waals surface area (Å²) in [6, 6.07) is 45.0. The van der Waals surface area contributed by atoms with E-state index < -0.39 is 0 Å². The second-order valence-corrected chi connectivity index (χ2v) is 9.59. The van der Waals surface area contributed by atoms with Crippen LogP contribution in [-0.2, 0) is 0 Å². The van der Waals surface area contributed by atoms with E-state index in [-0.39, 0.29) is 0 Å². The molecule has 0 fully saturated rings. The van der Waals surface area contributed by atoms with Crippen LogP contribution < -0.4 is 0 Å². The van der Waals surface area contributed by atoms with E-state index >= 15 is 0 Å². The van der Waals surface area contributed by atoms with Gasteiger partial charge in [0.2, 0.25) is 0 Å². The molecule has 0 amide bonds. The van der Waals surface area contributed by atoms with Crippen LogP contribution in [0.1, 0.15) is 0 Å². The number of rotatable bonds is 2. The first-order chi connectivity index (χ1) is 18.3. The Balaban J connectivity index is 1.40. The lowest BCUT2D eigenvalue weighted by Gasteiger charge is -2.12. The first kappa shape index (κ1) is 20.3. The van der Waals surface area contributed by atoms with E-state index in [4.69, 9.17) is 9.40 Å². The molecule has 0 N–H and O–H groups in total. The number of fused-ring (bicyclic) bond motifs is 8. The van der Waals surface area contributed by atoms with E-state index in [1.54, 1.807) is 0 Å². The van der Waals surface area contributed by atoms with Crippen LogP contribution in [0.3, 0.4) is 0 Å². The number of hydrogen-bond donors (Lipinski definition) is 0. The number of furan rings is 1. The smallest absolute Gasteiger partial charge is 0.161 e. The van der Waals surface area contributed by atoms with Crippen LogP contribution in [0.25, 0.3) is 76.8 Å². The number of aromatic nitrogens is 1. The lowest BCUT2D eigenvalue weighted by Crippen LogP contribution is -1.91. The molecule has 6 aromatic carbocycles. The molecule has 0 bridgehead atoms. The van der Waals surface area contributed by atoms with Gasteiger partial charge in [-0.3, -0.25) is 0 Å². The Kier molecular flexibility index (Phi) is 4.26. The van der Waals surface area contributed by atoms with Crippen molar-refractivity contribution in [1.29, 1.82) is 0 Å². The molecule has 8 rings (SSSR count). The maximum atomic E-state index is 6.38. The van der Waals surface area contributed by atoms with Gasteiger partial charge in [-0.15, -0.1) is 0 Å². The largest absolute Gasteiger partial charge is 0.454 e. The molecule has 0 aliphatic carbocycles. The van der Waals surface area contributed by atoms with Crippen molar-refractivity contribution in [2.75, 3.05) is 0 Å². The van der Waals surface area contributed by atoms with Crippen molar-refractivity contribution in [3.63, 3.8) is 0 Å². The second-order valence-electron chi connectivity index (χ2n) is 9.59. The summed E-state index contributed by atoms with van der Waals surface area (Å²) in [4.78, 5) is 5.29. The van der Waals surface area contributed by atoms with E-state index in [1.807, 2.05) is 12.1 Å². The standard InChI is InChI=1S/C35H21NO/c1-2-9-23-20-25(17-16-22(23)8-1)24-10-7-11-26(21-24)33-29-14-4-3-12-27(29)30-18-19-31-28-13-5-6-15-32(28)37-35(31)34(30)36-33/h1-21H. The Hall–Kier alpha value is -4.95. The average molecular weight is 472 g/mol. The molecule has 2 nitrogen and oxygen atoms in total. The fourth-order valence-electron chi connectivity index (χ4n) is 5.63. The minimum Gasteiger partial charge on any atom is -0.454 e. The van der Waals surface area contributed by atoms with Gasteiger partial charge in [-0.2, -0.15) is 0 Å². The van der Waals surface area contributed by atoms with Crippen molar-refractivity contribution in [3.05, 3.63) is 127 Å². The molecule has 8 aromatic rings. The molecule has 0 saturated carbocycles. The fourth-order valence-corrected chi connectivity index (χ4v) is 5.63. The third-order valence-electron chi connectivity index (χ3n) is 7.44. The topological polar surface area (TPSA) is 26.0 Å². The SMILES string of the molecule is c1cc(-c2ccc3ccccc3c2)cc(-c2nc3c(ccc4c5ccccc5oc43)c3ccccc23)c1. The minimum atomic E-state index is 0.844. The van der Waals surface area contributed by atoms with Gasteiger partial charge < -0.3 is 4.42 Å². The summed E-state index contributed by atoms with van der Waals surface area (Å²) in [6.07, 6.45) is 0. The number of hydrogen-bond acceptors (Lipinski definition) is 2. The third kappa shape index (κ3) is 3.09. The molecule has 2 heteroatoms. The van der Waals surface area contributed by atoms with Gasteiger partial charge in [0.25, 0.3) is 0 Å². The van der Waals surface area contributed by atoms with Crippen molar-refractivity contribution >= 4 is 54.4 Å². The molecule has 2 heterocycles. The molecule has 0 aliphatic heterocycles. The first-order valence-corrected chi connectivity index (χ1v) is 12.6. The summed E-state index contributed by atoms with van der Waals surface area (Å²) in [5, 5.41) is 8.14. The second kappa shape index (κ2) is 7.78. The predicted molar refractivity (Wildman–Crippen MR) is 155 cm³/mol. The van der Waals surface area contributed by atoms with Crippen LogP contribution in [0.15, 0.2) is 132 Å². The van der Waals surface area contributed by atoms with Crippen LogP contribution in [0.4, 0.5) is 0 Å². The Bertz CT molecular complexity index is 2150. The van der Waals surface area contributed by atoms with Gasteiger partial charge in [0.05, 0.1) is 5.69 Å².